The van der Waals surface area contributed by atoms with Gasteiger partial charge in [0.15, 0.2) is 0 Å². The molecule has 4 nitrogen and oxygen atoms in total. The summed E-state index contributed by atoms with van der Waals surface area (Å²) in [6, 6.07) is 5.25. The molecule has 0 spiro atoms. The number of hydrogen-bond donors (Lipinski definition) is 2. The molecule has 20 heavy (non-hydrogen) atoms. The van der Waals surface area contributed by atoms with Crippen LogP contribution in [0.15, 0.2) is 45.0 Å². The number of hydrazine groups is 1. The molecule has 106 valence electrons. The summed E-state index contributed by atoms with van der Waals surface area (Å²) in [6.45, 7) is 0. The molecular weight excluding hydrogens is 357 g/mol. The van der Waals surface area contributed by atoms with Crippen LogP contribution in [0.4, 0.5) is 19.0 Å². The lowest BCUT2D eigenvalue weighted by Gasteiger charge is -2.11. The summed E-state index contributed by atoms with van der Waals surface area (Å²) >= 11 is 4.28. The molecule has 0 amide bonds. The minimum atomic E-state index is -4.47. The average Bonchev–Trinajstić information content (AvgIpc) is 2.40. The number of nitrogen functional groups attached to an aromatic ring is 1. The second-order valence-corrected chi connectivity index (χ2v) is 5.48. The summed E-state index contributed by atoms with van der Waals surface area (Å²) in [4.78, 5) is 8.03. The van der Waals surface area contributed by atoms with Crippen molar-refractivity contribution in [2.45, 2.75) is 16.2 Å². The fourth-order valence-corrected chi connectivity index (χ4v) is 2.65. The number of aromatic nitrogens is 2. The van der Waals surface area contributed by atoms with Crippen LogP contribution in [0.3, 0.4) is 0 Å². The van der Waals surface area contributed by atoms with E-state index >= 15 is 0 Å². The molecule has 2 heterocycles. The summed E-state index contributed by atoms with van der Waals surface area (Å²) in [5, 5.41) is 0.662. The van der Waals surface area contributed by atoms with Gasteiger partial charge in [0.05, 0.1) is 10.0 Å². The molecule has 9 heteroatoms. The third-order valence-corrected chi connectivity index (χ3v) is 4.04. The first-order valence-corrected chi connectivity index (χ1v) is 6.85. The van der Waals surface area contributed by atoms with Gasteiger partial charge in [0.2, 0.25) is 0 Å². The molecule has 0 aliphatic heterocycles. The topological polar surface area (TPSA) is 63.8 Å². The highest BCUT2D eigenvalue weighted by molar-refractivity contribution is 9.10. The zero-order valence-corrected chi connectivity index (χ0v) is 12.2. The monoisotopic (exact) mass is 364 g/mol. The van der Waals surface area contributed by atoms with Gasteiger partial charge in [-0.25, -0.2) is 15.8 Å². The van der Waals surface area contributed by atoms with E-state index < -0.39 is 11.7 Å². The number of pyridine rings is 2. The van der Waals surface area contributed by atoms with Crippen molar-refractivity contribution in [1.82, 2.24) is 9.97 Å². The molecule has 0 aromatic carbocycles. The molecule has 2 aromatic rings. The quantitative estimate of drug-likeness (QED) is 0.642. The second kappa shape index (κ2) is 5.98. The number of hydrogen-bond acceptors (Lipinski definition) is 5. The van der Waals surface area contributed by atoms with Gasteiger partial charge in [-0.1, -0.05) is 0 Å². The highest BCUT2D eigenvalue weighted by Gasteiger charge is 2.31. The van der Waals surface area contributed by atoms with E-state index in [-0.39, 0.29) is 10.8 Å². The van der Waals surface area contributed by atoms with Crippen LogP contribution in [-0.4, -0.2) is 9.97 Å². The number of halogens is 4. The highest BCUT2D eigenvalue weighted by atomic mass is 79.9. The first-order valence-electron chi connectivity index (χ1n) is 5.24. The summed E-state index contributed by atoms with van der Waals surface area (Å²) in [5.41, 5.74) is 1.30. The number of anilines is 1. The molecule has 0 aliphatic carbocycles. The van der Waals surface area contributed by atoms with Gasteiger partial charge in [0, 0.05) is 6.20 Å². The summed E-state index contributed by atoms with van der Waals surface area (Å²) < 4.78 is 39.0. The zero-order chi connectivity index (χ0) is 14.8. The van der Waals surface area contributed by atoms with E-state index in [1.54, 1.807) is 18.3 Å². The Morgan fingerprint density at radius 1 is 1.30 bits per heavy atom. The molecule has 2 aromatic heterocycles. The first kappa shape index (κ1) is 15.1. The van der Waals surface area contributed by atoms with Crippen LogP contribution in [-0.2, 0) is 6.18 Å². The molecule has 0 radical (unpaired) electrons. The number of nitrogens with zero attached hydrogens (tertiary/aromatic N) is 2. The summed E-state index contributed by atoms with van der Waals surface area (Å²) in [6.07, 6.45) is -2.92. The van der Waals surface area contributed by atoms with Crippen molar-refractivity contribution in [1.29, 1.82) is 0 Å². The van der Waals surface area contributed by atoms with Crippen molar-refractivity contribution < 1.29 is 13.2 Å². The molecule has 0 unspecified atom stereocenters. The van der Waals surface area contributed by atoms with E-state index in [1.807, 2.05) is 0 Å². The number of alkyl halides is 3. The third kappa shape index (κ3) is 3.62. The average molecular weight is 365 g/mol. The van der Waals surface area contributed by atoms with E-state index in [2.05, 4.69) is 31.3 Å². The van der Waals surface area contributed by atoms with Gasteiger partial charge in [0.25, 0.3) is 0 Å². The second-order valence-electron chi connectivity index (χ2n) is 3.61. The summed E-state index contributed by atoms with van der Waals surface area (Å²) in [5.74, 6) is 5.08. The standard InChI is InChI=1S/C11H8BrF3N4S/c12-7-2-1-3-17-10(7)20-9-5-6(11(13,14)15)4-8(18-9)19-16/h1-5H,16H2,(H,18,19). The van der Waals surface area contributed by atoms with Crippen LogP contribution in [0, 0.1) is 0 Å². The van der Waals surface area contributed by atoms with Crippen LogP contribution >= 0.6 is 27.7 Å². The van der Waals surface area contributed by atoms with E-state index in [1.165, 1.54) is 0 Å². The Morgan fingerprint density at radius 3 is 2.65 bits per heavy atom. The van der Waals surface area contributed by atoms with Gasteiger partial charge in [-0.05, 0) is 52.0 Å². The van der Waals surface area contributed by atoms with Crippen LogP contribution in [0.5, 0.6) is 0 Å². The highest BCUT2D eigenvalue weighted by Crippen LogP contribution is 2.36. The molecule has 0 saturated heterocycles. The molecule has 0 bridgehead atoms. The summed E-state index contributed by atoms with van der Waals surface area (Å²) in [7, 11) is 0. The zero-order valence-electron chi connectivity index (χ0n) is 9.78. The molecule has 0 fully saturated rings. The van der Waals surface area contributed by atoms with Crippen LogP contribution in [0.1, 0.15) is 5.56 Å². The molecule has 0 atom stereocenters. The fourth-order valence-electron chi connectivity index (χ4n) is 1.34. The van der Waals surface area contributed by atoms with Gasteiger partial charge in [-0.3, -0.25) is 0 Å². The van der Waals surface area contributed by atoms with Gasteiger partial charge in [-0.15, -0.1) is 0 Å². The lowest BCUT2D eigenvalue weighted by molar-refractivity contribution is -0.137. The molecule has 2 rings (SSSR count). The van der Waals surface area contributed by atoms with E-state index in [0.717, 1.165) is 23.9 Å². The lowest BCUT2D eigenvalue weighted by Crippen LogP contribution is -2.12. The number of nitrogens with two attached hydrogens (primary N) is 1. The van der Waals surface area contributed by atoms with Gasteiger partial charge < -0.3 is 5.43 Å². The molecule has 0 aliphatic rings. The molecular formula is C11H8BrF3N4S. The Kier molecular flexibility index (Phi) is 4.51. The SMILES string of the molecule is NNc1cc(C(F)(F)F)cc(Sc2ncccc2Br)n1. The number of nitrogens with one attached hydrogen (secondary N) is 1. The maximum Gasteiger partial charge on any atom is 0.416 e. The van der Waals surface area contributed by atoms with Gasteiger partial charge >= 0.3 is 6.18 Å². The maximum atomic E-state index is 12.8. The van der Waals surface area contributed by atoms with Gasteiger partial charge in [0.1, 0.15) is 15.9 Å². The normalized spacial score (nSPS) is 11.4. The largest absolute Gasteiger partial charge is 0.416 e. The van der Waals surface area contributed by atoms with Crippen molar-refractivity contribution in [3.8, 4) is 0 Å². The van der Waals surface area contributed by atoms with Crippen molar-refractivity contribution in [3.63, 3.8) is 0 Å². The van der Waals surface area contributed by atoms with Crippen molar-refractivity contribution in [2.24, 2.45) is 5.84 Å². The molecule has 0 saturated carbocycles. The van der Waals surface area contributed by atoms with E-state index in [9.17, 15) is 13.2 Å². The van der Waals surface area contributed by atoms with Gasteiger partial charge in [-0.2, -0.15) is 13.2 Å². The number of rotatable bonds is 3. The fraction of sp³-hybridized carbons (Fsp3) is 0.0909. The minimum absolute atomic E-state index is 0.0608. The first-order chi connectivity index (χ1) is 9.40. The van der Waals surface area contributed by atoms with Crippen LogP contribution in [0.25, 0.3) is 0 Å². The predicted octanol–water partition coefficient (Wildman–Crippen LogP) is 3.69. The minimum Gasteiger partial charge on any atom is -0.308 e. The van der Waals surface area contributed by atoms with E-state index in [4.69, 9.17) is 5.84 Å². The Bertz CT molecular complexity index is 621. The van der Waals surface area contributed by atoms with Crippen molar-refractivity contribution >= 4 is 33.5 Å². The van der Waals surface area contributed by atoms with Crippen molar-refractivity contribution in [3.05, 3.63) is 40.5 Å². The lowest BCUT2D eigenvalue weighted by atomic mass is 10.2. The smallest absolute Gasteiger partial charge is 0.308 e. The Morgan fingerprint density at radius 2 is 2.05 bits per heavy atom. The molecule has 3 N–H and O–H groups in total. The third-order valence-electron chi connectivity index (χ3n) is 2.20. The maximum absolute atomic E-state index is 12.8. The van der Waals surface area contributed by atoms with Crippen molar-refractivity contribution in [2.75, 3.05) is 5.43 Å². The predicted molar refractivity (Wildman–Crippen MR) is 73.1 cm³/mol. The van der Waals surface area contributed by atoms with Crippen LogP contribution in [0.2, 0.25) is 0 Å². The Labute approximate surface area is 125 Å². The van der Waals surface area contributed by atoms with E-state index in [0.29, 0.717) is 9.50 Å². The van der Waals surface area contributed by atoms with Crippen LogP contribution < -0.4 is 11.3 Å². The Hall–Kier alpha value is -1.32. The Balaban J connectivity index is 2.39.